The van der Waals surface area contributed by atoms with Crippen molar-refractivity contribution in [3.8, 4) is 35.5 Å². The molecule has 1 aromatic carbocycles. The molecule has 2 heterocycles. The van der Waals surface area contributed by atoms with Gasteiger partial charge in [0.1, 0.15) is 17.1 Å². The van der Waals surface area contributed by atoms with Crippen LogP contribution in [0.3, 0.4) is 0 Å². The highest BCUT2D eigenvalue weighted by molar-refractivity contribution is 7.08. The van der Waals surface area contributed by atoms with Crippen LogP contribution in [0.5, 0.6) is 5.75 Å². The van der Waals surface area contributed by atoms with Gasteiger partial charge >= 0.3 is 0 Å². The minimum atomic E-state index is 0.489. The number of ether oxygens (including phenoxy) is 1. The van der Waals surface area contributed by atoms with E-state index in [2.05, 4.69) is 34.7 Å². The Morgan fingerprint density at radius 3 is 2.12 bits per heavy atom. The smallest absolute Gasteiger partial charge is 0.118 e. The summed E-state index contributed by atoms with van der Waals surface area (Å²) in [6, 6.07) is 14.8. The number of thiophene rings is 1. The Hall–Kier alpha value is -3.52. The number of nitrogens with zero attached hydrogens (tertiary/aromatic N) is 2. The molecule has 0 amide bonds. The van der Waals surface area contributed by atoms with Crippen molar-refractivity contribution in [2.45, 2.75) is 0 Å². The summed E-state index contributed by atoms with van der Waals surface area (Å²) in [5.74, 6) is 12.8. The van der Waals surface area contributed by atoms with Crippen LogP contribution in [0.2, 0.25) is 0 Å². The number of rotatable bonds is 1. The molecule has 0 radical (unpaired) electrons. The Balaban J connectivity index is 1.90. The van der Waals surface area contributed by atoms with Crippen molar-refractivity contribution in [2.75, 3.05) is 7.11 Å². The predicted octanol–water partition coefficient (Wildman–Crippen LogP) is 3.82. The van der Waals surface area contributed by atoms with E-state index in [-0.39, 0.29) is 0 Å². The molecule has 0 unspecified atom stereocenters. The van der Waals surface area contributed by atoms with E-state index in [1.807, 2.05) is 41.1 Å². The van der Waals surface area contributed by atoms with Gasteiger partial charge in [-0.1, -0.05) is 11.8 Å². The molecule has 0 bridgehead atoms. The number of pyridine rings is 1. The summed E-state index contributed by atoms with van der Waals surface area (Å²) in [7, 11) is 1.62. The van der Waals surface area contributed by atoms with Gasteiger partial charge in [-0.3, -0.25) is 0 Å². The zero-order chi connectivity index (χ0) is 17.5. The molecule has 3 rings (SSSR count). The first-order valence-corrected chi connectivity index (χ1v) is 8.33. The Labute approximate surface area is 150 Å². The molecule has 0 fully saturated rings. The second-order valence-corrected chi connectivity index (χ2v) is 5.76. The quantitative estimate of drug-likeness (QED) is 0.633. The molecule has 0 aliphatic carbocycles. The Bertz CT molecular complexity index is 1040. The number of benzene rings is 1. The normalized spacial score (nSPS) is 9.12. The van der Waals surface area contributed by atoms with E-state index in [4.69, 9.17) is 4.74 Å². The summed E-state index contributed by atoms with van der Waals surface area (Å²) >= 11 is 1.59. The molecule has 3 aromatic rings. The number of hydrogen-bond acceptors (Lipinski definition) is 4. The topological polar surface area (TPSA) is 45.9 Å². The van der Waals surface area contributed by atoms with Crippen LogP contribution >= 0.6 is 11.3 Å². The standard InChI is InChI=1S/C21H12N2OS/c1-24-21-8-4-16(5-9-21)2-6-19-12-18(14-22)13-20(23-19)7-3-17-10-11-25-15-17/h4-5,8-13,15H,1H3. The second kappa shape index (κ2) is 7.84. The molecule has 0 aliphatic rings. The van der Waals surface area contributed by atoms with E-state index in [0.29, 0.717) is 17.0 Å². The van der Waals surface area contributed by atoms with E-state index in [1.54, 1.807) is 30.6 Å². The molecule has 4 heteroatoms. The summed E-state index contributed by atoms with van der Waals surface area (Å²) in [6.45, 7) is 0. The minimum absolute atomic E-state index is 0.489. The lowest BCUT2D eigenvalue weighted by atomic mass is 10.1. The lowest BCUT2D eigenvalue weighted by molar-refractivity contribution is 0.415. The maximum Gasteiger partial charge on any atom is 0.118 e. The van der Waals surface area contributed by atoms with Crippen molar-refractivity contribution in [1.29, 1.82) is 5.26 Å². The molecular weight excluding hydrogens is 328 g/mol. The van der Waals surface area contributed by atoms with E-state index in [0.717, 1.165) is 16.9 Å². The van der Waals surface area contributed by atoms with Crippen molar-refractivity contribution in [1.82, 2.24) is 4.98 Å². The van der Waals surface area contributed by atoms with Gasteiger partial charge in [0.25, 0.3) is 0 Å². The second-order valence-electron chi connectivity index (χ2n) is 4.98. The SMILES string of the molecule is COc1ccc(C#Cc2cc(C#N)cc(C#Cc3ccsc3)n2)cc1. The van der Waals surface area contributed by atoms with Crippen LogP contribution in [0.4, 0.5) is 0 Å². The summed E-state index contributed by atoms with van der Waals surface area (Å²) < 4.78 is 5.12. The third-order valence-electron chi connectivity index (χ3n) is 3.24. The Morgan fingerprint density at radius 2 is 1.56 bits per heavy atom. The van der Waals surface area contributed by atoms with Crippen molar-refractivity contribution in [3.63, 3.8) is 0 Å². The molecule has 0 spiro atoms. The molecular formula is C21H12N2OS. The Morgan fingerprint density at radius 1 is 0.880 bits per heavy atom. The third kappa shape index (κ3) is 4.49. The predicted molar refractivity (Wildman–Crippen MR) is 98.2 cm³/mol. The van der Waals surface area contributed by atoms with Crippen molar-refractivity contribution in [3.05, 3.63) is 81.3 Å². The number of hydrogen-bond donors (Lipinski definition) is 0. The van der Waals surface area contributed by atoms with Gasteiger partial charge in [0, 0.05) is 16.5 Å². The highest BCUT2D eigenvalue weighted by Crippen LogP contribution is 2.11. The molecule has 0 saturated heterocycles. The monoisotopic (exact) mass is 340 g/mol. The highest BCUT2D eigenvalue weighted by Gasteiger charge is 1.99. The number of methoxy groups -OCH3 is 1. The first-order valence-electron chi connectivity index (χ1n) is 7.39. The summed E-state index contributed by atoms with van der Waals surface area (Å²) in [5, 5.41) is 13.1. The fourth-order valence-corrected chi connectivity index (χ4v) is 2.59. The van der Waals surface area contributed by atoms with E-state index >= 15 is 0 Å². The largest absolute Gasteiger partial charge is 0.497 e. The average molecular weight is 340 g/mol. The summed E-state index contributed by atoms with van der Waals surface area (Å²) in [4.78, 5) is 4.41. The number of aromatic nitrogens is 1. The first kappa shape index (κ1) is 16.3. The molecule has 25 heavy (non-hydrogen) atoms. The minimum Gasteiger partial charge on any atom is -0.497 e. The zero-order valence-electron chi connectivity index (χ0n) is 13.4. The van der Waals surface area contributed by atoms with Gasteiger partial charge in [0.2, 0.25) is 0 Å². The van der Waals surface area contributed by atoms with Gasteiger partial charge in [-0.15, -0.1) is 0 Å². The molecule has 0 aliphatic heterocycles. The van der Waals surface area contributed by atoms with Crippen LogP contribution in [0.15, 0.2) is 53.2 Å². The molecule has 0 atom stereocenters. The van der Waals surface area contributed by atoms with Gasteiger partial charge in [-0.25, -0.2) is 4.98 Å². The zero-order valence-corrected chi connectivity index (χ0v) is 14.2. The van der Waals surface area contributed by atoms with Crippen LogP contribution in [0, 0.1) is 35.0 Å². The average Bonchev–Trinajstić information content (AvgIpc) is 3.18. The summed E-state index contributed by atoms with van der Waals surface area (Å²) in [6.07, 6.45) is 0. The van der Waals surface area contributed by atoms with Gasteiger partial charge in [0.05, 0.1) is 18.7 Å². The van der Waals surface area contributed by atoms with Gasteiger partial charge in [-0.2, -0.15) is 16.6 Å². The van der Waals surface area contributed by atoms with E-state index in [9.17, 15) is 5.26 Å². The van der Waals surface area contributed by atoms with E-state index in [1.165, 1.54) is 0 Å². The van der Waals surface area contributed by atoms with Crippen LogP contribution in [0.1, 0.15) is 28.1 Å². The molecule has 3 nitrogen and oxygen atoms in total. The van der Waals surface area contributed by atoms with Crippen molar-refractivity contribution < 1.29 is 4.74 Å². The van der Waals surface area contributed by atoms with Crippen LogP contribution in [-0.4, -0.2) is 12.1 Å². The molecule has 0 N–H and O–H groups in total. The molecule has 118 valence electrons. The summed E-state index contributed by atoms with van der Waals surface area (Å²) in [5.41, 5.74) is 3.31. The fourth-order valence-electron chi connectivity index (χ4n) is 2.01. The Kier molecular flexibility index (Phi) is 5.13. The fraction of sp³-hybridized carbons (Fsp3) is 0.0476. The number of nitriles is 1. The third-order valence-corrected chi connectivity index (χ3v) is 3.92. The maximum absolute atomic E-state index is 9.20. The lowest BCUT2D eigenvalue weighted by Gasteiger charge is -1.98. The molecule has 2 aromatic heterocycles. The van der Waals surface area contributed by atoms with Gasteiger partial charge < -0.3 is 4.74 Å². The van der Waals surface area contributed by atoms with Gasteiger partial charge in [0.15, 0.2) is 0 Å². The van der Waals surface area contributed by atoms with Gasteiger partial charge in [-0.05, 0) is 59.7 Å². The van der Waals surface area contributed by atoms with Crippen LogP contribution in [-0.2, 0) is 0 Å². The lowest BCUT2D eigenvalue weighted by Crippen LogP contribution is -1.91. The van der Waals surface area contributed by atoms with E-state index < -0.39 is 0 Å². The maximum atomic E-state index is 9.20. The van der Waals surface area contributed by atoms with Crippen LogP contribution < -0.4 is 4.74 Å². The first-order chi connectivity index (χ1) is 12.3. The van der Waals surface area contributed by atoms with Crippen molar-refractivity contribution >= 4 is 11.3 Å². The highest BCUT2D eigenvalue weighted by atomic mass is 32.1. The van der Waals surface area contributed by atoms with Crippen LogP contribution in [0.25, 0.3) is 0 Å². The van der Waals surface area contributed by atoms with Crippen molar-refractivity contribution in [2.24, 2.45) is 0 Å². The molecule has 0 saturated carbocycles.